The van der Waals surface area contributed by atoms with E-state index < -0.39 is 0 Å². The topological polar surface area (TPSA) is 52.6 Å². The molecular weight excluding hydrogens is 220 g/mol. The van der Waals surface area contributed by atoms with Gasteiger partial charge in [-0.05, 0) is 12.2 Å². The Labute approximate surface area is 100 Å². The van der Waals surface area contributed by atoms with Crippen LogP contribution in [-0.2, 0) is 19.1 Å². The van der Waals surface area contributed by atoms with Crippen molar-refractivity contribution in [3.8, 4) is 0 Å². The smallest absolute Gasteiger partial charge is 0.303 e. The third-order valence-corrected chi connectivity index (χ3v) is 3.08. The van der Waals surface area contributed by atoms with Crippen molar-refractivity contribution < 1.29 is 19.1 Å². The predicted octanol–water partition coefficient (Wildman–Crippen LogP) is 1.76. The maximum Gasteiger partial charge on any atom is 0.303 e. The summed E-state index contributed by atoms with van der Waals surface area (Å²) in [6.07, 6.45) is 9.05. The molecule has 0 bridgehead atoms. The molecule has 0 saturated heterocycles. The minimum Gasteiger partial charge on any atom is -0.458 e. The van der Waals surface area contributed by atoms with Gasteiger partial charge in [-0.2, -0.15) is 0 Å². The van der Waals surface area contributed by atoms with Crippen molar-refractivity contribution >= 4 is 11.9 Å². The molecule has 2 aliphatic rings. The molecule has 1 spiro atoms. The normalized spacial score (nSPS) is 34.2. The van der Waals surface area contributed by atoms with Crippen LogP contribution < -0.4 is 0 Å². The molecule has 0 aromatic carbocycles. The second-order valence-electron chi connectivity index (χ2n) is 4.66. The van der Waals surface area contributed by atoms with Crippen LogP contribution in [0.3, 0.4) is 0 Å². The minimum absolute atomic E-state index is 0.111. The number of carbonyl (C=O) groups excluding carboxylic acids is 2. The monoisotopic (exact) mass is 236 g/mol. The van der Waals surface area contributed by atoms with Crippen LogP contribution in [0.4, 0.5) is 0 Å². The molecule has 0 N–H and O–H groups in total. The van der Waals surface area contributed by atoms with Crippen molar-refractivity contribution in [2.24, 2.45) is 5.41 Å². The second kappa shape index (κ2) is 4.35. The highest BCUT2D eigenvalue weighted by molar-refractivity contribution is 5.67. The van der Waals surface area contributed by atoms with Gasteiger partial charge < -0.3 is 9.47 Å². The van der Waals surface area contributed by atoms with Crippen molar-refractivity contribution in [2.45, 2.75) is 38.9 Å². The first-order chi connectivity index (χ1) is 7.99. The second-order valence-corrected chi connectivity index (χ2v) is 4.66. The van der Waals surface area contributed by atoms with E-state index in [1.165, 1.54) is 13.8 Å². The zero-order valence-electron chi connectivity index (χ0n) is 10.0. The number of ether oxygens (including phenoxy) is 2. The van der Waals surface area contributed by atoms with E-state index in [0.29, 0.717) is 0 Å². The number of esters is 2. The molecule has 0 heterocycles. The first-order valence-electron chi connectivity index (χ1n) is 5.72. The van der Waals surface area contributed by atoms with E-state index in [4.69, 9.17) is 9.47 Å². The molecule has 0 fully saturated rings. The first kappa shape index (κ1) is 11.9. The van der Waals surface area contributed by atoms with E-state index in [1.54, 1.807) is 0 Å². The molecule has 0 aromatic rings. The predicted molar refractivity (Wildman–Crippen MR) is 61.1 cm³/mol. The number of carbonyl (C=O) groups is 2. The maximum atomic E-state index is 10.9. The molecule has 0 radical (unpaired) electrons. The van der Waals surface area contributed by atoms with E-state index in [1.807, 2.05) is 24.3 Å². The molecule has 4 heteroatoms. The lowest BCUT2D eigenvalue weighted by Gasteiger charge is -2.22. The van der Waals surface area contributed by atoms with Gasteiger partial charge in [-0.3, -0.25) is 9.59 Å². The molecule has 3 atom stereocenters. The Hall–Kier alpha value is -1.58. The van der Waals surface area contributed by atoms with Crippen LogP contribution in [0.2, 0.25) is 0 Å². The Bertz CT molecular complexity index is 356. The third-order valence-electron chi connectivity index (χ3n) is 3.08. The summed E-state index contributed by atoms with van der Waals surface area (Å²) in [5.74, 6) is -0.537. The summed E-state index contributed by atoms with van der Waals surface area (Å²) in [6.45, 7) is 2.82. The molecule has 92 valence electrons. The third kappa shape index (κ3) is 2.75. The van der Waals surface area contributed by atoms with Gasteiger partial charge in [-0.25, -0.2) is 0 Å². The van der Waals surface area contributed by atoms with Crippen LogP contribution in [0.15, 0.2) is 24.3 Å². The number of rotatable bonds is 2. The summed E-state index contributed by atoms with van der Waals surface area (Å²) in [6, 6.07) is 0. The fourth-order valence-electron chi connectivity index (χ4n) is 2.48. The number of allylic oxidation sites excluding steroid dienone is 2. The fourth-order valence-corrected chi connectivity index (χ4v) is 2.48. The molecule has 2 aliphatic carbocycles. The van der Waals surface area contributed by atoms with Crippen LogP contribution >= 0.6 is 0 Å². The van der Waals surface area contributed by atoms with Crippen molar-refractivity contribution in [2.75, 3.05) is 0 Å². The van der Waals surface area contributed by atoms with Crippen LogP contribution in [0.5, 0.6) is 0 Å². The molecule has 17 heavy (non-hydrogen) atoms. The average molecular weight is 236 g/mol. The highest BCUT2D eigenvalue weighted by atomic mass is 16.5. The lowest BCUT2D eigenvalue weighted by Crippen LogP contribution is -2.21. The highest BCUT2D eigenvalue weighted by Crippen LogP contribution is 2.43. The summed E-state index contributed by atoms with van der Waals surface area (Å²) in [5, 5.41) is 0. The fraction of sp³-hybridized carbons (Fsp3) is 0.538. The first-order valence-corrected chi connectivity index (χ1v) is 5.72. The Kier molecular flexibility index (Phi) is 3.05. The molecule has 4 nitrogen and oxygen atoms in total. The van der Waals surface area contributed by atoms with Crippen LogP contribution in [0.1, 0.15) is 26.7 Å². The van der Waals surface area contributed by atoms with Gasteiger partial charge in [0.05, 0.1) is 0 Å². The van der Waals surface area contributed by atoms with Gasteiger partial charge in [0.25, 0.3) is 0 Å². The van der Waals surface area contributed by atoms with Crippen LogP contribution in [0.25, 0.3) is 0 Å². The summed E-state index contributed by atoms with van der Waals surface area (Å²) >= 11 is 0. The quantitative estimate of drug-likeness (QED) is 0.541. The Morgan fingerprint density at radius 3 is 1.76 bits per heavy atom. The van der Waals surface area contributed by atoms with Crippen molar-refractivity contribution in [3.05, 3.63) is 24.3 Å². The number of hydrogen-bond donors (Lipinski definition) is 0. The SMILES string of the molecule is CC(=O)O[C@@H]1C=CC2(C=C[C@H](OC(C)=O)C2)C1. The Balaban J connectivity index is 1.93. The van der Waals surface area contributed by atoms with Gasteiger partial charge >= 0.3 is 11.9 Å². The van der Waals surface area contributed by atoms with Gasteiger partial charge in [0, 0.05) is 32.1 Å². The maximum absolute atomic E-state index is 10.9. The van der Waals surface area contributed by atoms with Gasteiger partial charge in [-0.1, -0.05) is 12.2 Å². The molecule has 0 aliphatic heterocycles. The van der Waals surface area contributed by atoms with Gasteiger partial charge in [0.1, 0.15) is 12.2 Å². The minimum atomic E-state index is -0.268. The van der Waals surface area contributed by atoms with Gasteiger partial charge in [0.2, 0.25) is 0 Å². The Morgan fingerprint density at radius 2 is 1.41 bits per heavy atom. The summed E-state index contributed by atoms with van der Waals surface area (Å²) in [4.78, 5) is 21.7. The summed E-state index contributed by atoms with van der Waals surface area (Å²) < 4.78 is 10.3. The largest absolute Gasteiger partial charge is 0.458 e. The summed E-state index contributed by atoms with van der Waals surface area (Å²) in [7, 11) is 0. The number of hydrogen-bond acceptors (Lipinski definition) is 4. The molecule has 0 saturated carbocycles. The highest BCUT2D eigenvalue weighted by Gasteiger charge is 2.39. The molecular formula is C13H16O4. The van der Waals surface area contributed by atoms with Crippen molar-refractivity contribution in [1.29, 1.82) is 0 Å². The Morgan fingerprint density at radius 1 is 1.00 bits per heavy atom. The molecule has 2 rings (SSSR count). The van der Waals surface area contributed by atoms with Crippen molar-refractivity contribution in [3.63, 3.8) is 0 Å². The van der Waals surface area contributed by atoms with E-state index >= 15 is 0 Å². The standard InChI is InChI=1S/C13H16O4/c1-9(14)16-11-3-5-13(7-11)6-4-12(8-13)17-10(2)15/h3-6,11-12H,7-8H2,1-2H3/t11-,12+,13?. The zero-order valence-corrected chi connectivity index (χ0v) is 10.0. The van der Waals surface area contributed by atoms with E-state index in [-0.39, 0.29) is 29.6 Å². The lowest BCUT2D eigenvalue weighted by molar-refractivity contribution is -0.144. The van der Waals surface area contributed by atoms with Gasteiger partial charge in [-0.15, -0.1) is 0 Å². The zero-order chi connectivity index (χ0) is 12.5. The lowest BCUT2D eigenvalue weighted by atomic mass is 9.86. The van der Waals surface area contributed by atoms with Gasteiger partial charge in [0.15, 0.2) is 0 Å². The molecule has 0 amide bonds. The van der Waals surface area contributed by atoms with Crippen LogP contribution in [-0.4, -0.2) is 24.1 Å². The summed E-state index contributed by atoms with van der Waals surface area (Å²) in [5.41, 5.74) is -0.111. The average Bonchev–Trinajstić information content (AvgIpc) is 2.74. The van der Waals surface area contributed by atoms with E-state index in [2.05, 4.69) is 0 Å². The van der Waals surface area contributed by atoms with Crippen molar-refractivity contribution in [1.82, 2.24) is 0 Å². The molecule has 0 aromatic heterocycles. The molecule has 1 unspecified atom stereocenters. The van der Waals surface area contributed by atoms with E-state index in [9.17, 15) is 9.59 Å². The van der Waals surface area contributed by atoms with E-state index in [0.717, 1.165) is 12.8 Å². The van der Waals surface area contributed by atoms with Crippen LogP contribution in [0, 0.1) is 5.41 Å².